The van der Waals surface area contributed by atoms with Gasteiger partial charge in [-0.25, -0.2) is 4.79 Å². The highest BCUT2D eigenvalue weighted by Crippen LogP contribution is 2.70. The van der Waals surface area contributed by atoms with Crippen LogP contribution in [0.3, 0.4) is 0 Å². The Balaban J connectivity index is 1.60. The van der Waals surface area contributed by atoms with Crippen molar-refractivity contribution < 1.29 is 39.2 Å². The first-order valence-corrected chi connectivity index (χ1v) is 13.7. The molecular formula is C30H40O8. The number of esters is 2. The van der Waals surface area contributed by atoms with Crippen molar-refractivity contribution in [3.63, 3.8) is 0 Å². The maximum atomic E-state index is 13.3. The van der Waals surface area contributed by atoms with E-state index in [1.54, 1.807) is 19.9 Å². The van der Waals surface area contributed by atoms with Gasteiger partial charge in [-0.2, -0.15) is 0 Å². The van der Waals surface area contributed by atoms with Crippen molar-refractivity contribution >= 4 is 17.7 Å². The summed E-state index contributed by atoms with van der Waals surface area (Å²) in [4.78, 5) is 37.9. The number of hydrogen-bond donors (Lipinski definition) is 3. The summed E-state index contributed by atoms with van der Waals surface area (Å²) in [6.07, 6.45) is 6.90. The zero-order chi connectivity index (χ0) is 27.9. The van der Waals surface area contributed by atoms with Crippen molar-refractivity contribution in [2.45, 2.75) is 102 Å². The maximum Gasteiger partial charge on any atom is 0.334 e. The lowest BCUT2D eigenvalue weighted by atomic mass is 9.44. The highest BCUT2D eigenvalue weighted by atomic mass is 16.6. The fourth-order valence-corrected chi connectivity index (χ4v) is 8.70. The van der Waals surface area contributed by atoms with Crippen LogP contribution in [0.15, 0.2) is 34.9 Å². The molecule has 0 aromatic heterocycles. The normalized spacial score (nSPS) is 43.9. The van der Waals surface area contributed by atoms with E-state index in [4.69, 9.17) is 9.47 Å². The lowest BCUT2D eigenvalue weighted by molar-refractivity contribution is -0.294. The molecule has 1 aliphatic heterocycles. The van der Waals surface area contributed by atoms with Gasteiger partial charge in [0.25, 0.3) is 0 Å². The van der Waals surface area contributed by atoms with E-state index < -0.39 is 51.6 Å². The number of allylic oxidation sites excluding steroid dienone is 4. The number of ketones is 1. The van der Waals surface area contributed by atoms with Crippen LogP contribution in [0.1, 0.15) is 79.6 Å². The Morgan fingerprint density at radius 2 is 1.89 bits per heavy atom. The minimum absolute atomic E-state index is 0.0211. The largest absolute Gasteiger partial charge is 0.465 e. The Hall–Kier alpha value is -2.29. The van der Waals surface area contributed by atoms with Crippen LogP contribution in [0.2, 0.25) is 0 Å². The van der Waals surface area contributed by atoms with E-state index in [-0.39, 0.29) is 44.0 Å². The van der Waals surface area contributed by atoms with E-state index in [2.05, 4.69) is 6.08 Å². The predicted octanol–water partition coefficient (Wildman–Crippen LogP) is 3.09. The average Bonchev–Trinajstić information content (AvgIpc) is 3.10. The third-order valence-electron chi connectivity index (χ3n) is 11.3. The number of carbonyl (C=O) groups is 3. The molecular weight excluding hydrogens is 488 g/mol. The molecule has 0 bridgehead atoms. The van der Waals surface area contributed by atoms with Crippen molar-refractivity contribution in [2.24, 2.45) is 22.7 Å². The van der Waals surface area contributed by atoms with Gasteiger partial charge >= 0.3 is 11.9 Å². The van der Waals surface area contributed by atoms with Gasteiger partial charge in [-0.3, -0.25) is 9.59 Å². The molecule has 5 aliphatic rings. The SMILES string of the molecule is CC(=O)OC[C@]12CC[C@H]3[C@@H](CC=C4CC=CC(=O)[C@@]43C)[C@]1(O)CC[C@@]2(O)[C@@](C)(O)[C@H]1CC(C)=C(C)C(=O)O1. The first-order valence-electron chi connectivity index (χ1n) is 13.7. The molecule has 8 atom stereocenters. The molecule has 208 valence electrons. The molecule has 3 N–H and O–H groups in total. The molecule has 0 amide bonds. The van der Waals surface area contributed by atoms with Gasteiger partial charge in [-0.05, 0) is 84.1 Å². The summed E-state index contributed by atoms with van der Waals surface area (Å²) in [6, 6.07) is 0. The molecule has 0 radical (unpaired) electrons. The summed E-state index contributed by atoms with van der Waals surface area (Å²) in [5.41, 5.74) is -5.29. The van der Waals surface area contributed by atoms with E-state index in [9.17, 15) is 29.7 Å². The average molecular weight is 529 g/mol. The number of aliphatic hydroxyl groups is 3. The van der Waals surface area contributed by atoms with Gasteiger partial charge in [-0.1, -0.05) is 23.3 Å². The molecule has 1 heterocycles. The first kappa shape index (κ1) is 27.3. The Morgan fingerprint density at radius 1 is 1.18 bits per heavy atom. The third kappa shape index (κ3) is 3.29. The molecule has 0 saturated heterocycles. The Morgan fingerprint density at radius 3 is 2.55 bits per heavy atom. The molecule has 8 nitrogen and oxygen atoms in total. The molecule has 0 aromatic carbocycles. The number of rotatable bonds is 4. The minimum atomic E-state index is -1.95. The van der Waals surface area contributed by atoms with E-state index in [0.717, 1.165) is 11.1 Å². The Bertz CT molecular complexity index is 1180. The molecule has 0 unspecified atom stereocenters. The summed E-state index contributed by atoms with van der Waals surface area (Å²) >= 11 is 0. The van der Waals surface area contributed by atoms with Crippen LogP contribution in [0, 0.1) is 22.7 Å². The first-order chi connectivity index (χ1) is 17.7. The maximum absolute atomic E-state index is 13.3. The Kier molecular flexibility index (Phi) is 6.18. The van der Waals surface area contributed by atoms with Gasteiger partial charge in [-0.15, -0.1) is 0 Å². The fourth-order valence-electron chi connectivity index (χ4n) is 8.70. The van der Waals surface area contributed by atoms with Gasteiger partial charge < -0.3 is 24.8 Å². The van der Waals surface area contributed by atoms with Crippen LogP contribution in [-0.4, -0.2) is 62.6 Å². The monoisotopic (exact) mass is 528 g/mol. The zero-order valence-corrected chi connectivity index (χ0v) is 23.0. The van der Waals surface area contributed by atoms with Crippen molar-refractivity contribution in [3.05, 3.63) is 34.9 Å². The van der Waals surface area contributed by atoms with E-state index in [1.165, 1.54) is 13.8 Å². The van der Waals surface area contributed by atoms with Crippen LogP contribution in [0.5, 0.6) is 0 Å². The van der Waals surface area contributed by atoms with Crippen LogP contribution in [0.4, 0.5) is 0 Å². The zero-order valence-electron chi connectivity index (χ0n) is 23.0. The van der Waals surface area contributed by atoms with Crippen molar-refractivity contribution in [3.8, 4) is 0 Å². The number of fused-ring (bicyclic) bond motifs is 5. The smallest absolute Gasteiger partial charge is 0.334 e. The second-order valence-corrected chi connectivity index (χ2v) is 12.7. The number of ether oxygens (including phenoxy) is 2. The topological polar surface area (TPSA) is 130 Å². The number of hydrogen-bond acceptors (Lipinski definition) is 8. The molecule has 0 spiro atoms. The summed E-state index contributed by atoms with van der Waals surface area (Å²) in [6.45, 7) is 7.88. The number of cyclic esters (lactones) is 1. The Labute approximate surface area is 223 Å². The lowest BCUT2D eigenvalue weighted by Crippen LogP contribution is -2.74. The second kappa shape index (κ2) is 8.60. The van der Waals surface area contributed by atoms with Gasteiger partial charge in [0.1, 0.15) is 23.9 Å². The second-order valence-electron chi connectivity index (χ2n) is 12.7. The van der Waals surface area contributed by atoms with Gasteiger partial charge in [0.2, 0.25) is 0 Å². The van der Waals surface area contributed by atoms with E-state index in [0.29, 0.717) is 24.8 Å². The van der Waals surface area contributed by atoms with Crippen molar-refractivity contribution in [1.82, 2.24) is 0 Å². The molecule has 4 aliphatic carbocycles. The van der Waals surface area contributed by atoms with Crippen LogP contribution >= 0.6 is 0 Å². The fraction of sp³-hybridized carbons (Fsp3) is 0.700. The predicted molar refractivity (Wildman–Crippen MR) is 137 cm³/mol. The highest BCUT2D eigenvalue weighted by molar-refractivity contribution is 5.98. The molecule has 0 aromatic rings. The van der Waals surface area contributed by atoms with E-state index >= 15 is 0 Å². The van der Waals surface area contributed by atoms with E-state index in [1.807, 2.05) is 13.0 Å². The lowest BCUT2D eigenvalue weighted by Gasteiger charge is -2.63. The van der Waals surface area contributed by atoms with Gasteiger partial charge in [0.15, 0.2) is 5.78 Å². The molecule has 8 heteroatoms. The summed E-state index contributed by atoms with van der Waals surface area (Å²) < 4.78 is 11.2. The van der Waals surface area contributed by atoms with Crippen molar-refractivity contribution in [2.75, 3.05) is 6.61 Å². The molecule has 5 rings (SSSR count). The van der Waals surface area contributed by atoms with Crippen molar-refractivity contribution in [1.29, 1.82) is 0 Å². The number of carbonyl (C=O) groups excluding carboxylic acids is 3. The minimum Gasteiger partial charge on any atom is -0.465 e. The standard InChI is InChI=1S/C30H40O8/c1-17-15-24(38-25(33)18(17)2)27(5,34)30(36)14-13-29(35)22-10-9-20-7-6-8-23(32)26(20,4)21(22)11-12-28(29,30)16-37-19(3)31/h6,8-9,21-22,24,34-36H,7,10-16H2,1-5H3/t21-,22+,24+,26-,27-,28+,29+,30+/m0/s1. The highest BCUT2D eigenvalue weighted by Gasteiger charge is 2.78. The molecule has 2 saturated carbocycles. The molecule has 2 fully saturated rings. The van der Waals surface area contributed by atoms with Crippen LogP contribution < -0.4 is 0 Å². The molecule has 38 heavy (non-hydrogen) atoms. The third-order valence-corrected chi connectivity index (χ3v) is 11.3. The van der Waals surface area contributed by atoms with Crippen LogP contribution in [0.25, 0.3) is 0 Å². The van der Waals surface area contributed by atoms with Gasteiger partial charge in [0, 0.05) is 18.9 Å². The summed E-state index contributed by atoms with van der Waals surface area (Å²) in [5.74, 6) is -1.63. The van der Waals surface area contributed by atoms with Gasteiger partial charge in [0.05, 0.1) is 16.4 Å². The summed E-state index contributed by atoms with van der Waals surface area (Å²) in [5, 5.41) is 37.3. The summed E-state index contributed by atoms with van der Waals surface area (Å²) in [7, 11) is 0. The van der Waals surface area contributed by atoms with Crippen LogP contribution in [-0.2, 0) is 23.9 Å². The quantitative estimate of drug-likeness (QED) is 0.375.